The van der Waals surface area contributed by atoms with Gasteiger partial charge in [0.15, 0.2) is 0 Å². The Morgan fingerprint density at radius 3 is 2.39 bits per heavy atom. The Morgan fingerprint density at radius 2 is 1.68 bits per heavy atom. The summed E-state index contributed by atoms with van der Waals surface area (Å²) in [7, 11) is 1.48. The number of halogens is 2. The van der Waals surface area contributed by atoms with Gasteiger partial charge in [-0.15, -0.1) is 0 Å². The molecule has 0 aliphatic carbocycles. The number of aryl methyl sites for hydroxylation is 1. The van der Waals surface area contributed by atoms with E-state index >= 15 is 0 Å². The molecule has 1 heterocycles. The van der Waals surface area contributed by atoms with Crippen molar-refractivity contribution in [2.24, 2.45) is 0 Å². The molecule has 3 aromatic carbocycles. The summed E-state index contributed by atoms with van der Waals surface area (Å²) in [5, 5.41) is 10.7. The van der Waals surface area contributed by atoms with Crippen LogP contribution in [0.2, 0.25) is 10.0 Å². The molecule has 0 radical (unpaired) electrons. The number of pyridine rings is 1. The molecule has 4 aromatic rings. The van der Waals surface area contributed by atoms with Gasteiger partial charge in [-0.2, -0.15) is 0 Å². The summed E-state index contributed by atoms with van der Waals surface area (Å²) in [6.45, 7) is 1.39. The molecule has 0 atom stereocenters. The number of carboxylic acid groups (broad SMARTS) is 1. The van der Waals surface area contributed by atoms with Gasteiger partial charge in [0.1, 0.15) is 24.4 Å². The predicted octanol–water partition coefficient (Wildman–Crippen LogP) is 5.51. The lowest BCUT2D eigenvalue weighted by Gasteiger charge is -2.25. The molecule has 0 fully saturated rings. The van der Waals surface area contributed by atoms with Gasteiger partial charge in [0.05, 0.1) is 10.7 Å². The van der Waals surface area contributed by atoms with E-state index in [0.717, 1.165) is 16.0 Å². The van der Waals surface area contributed by atoms with E-state index in [1.165, 1.54) is 11.9 Å². The van der Waals surface area contributed by atoms with E-state index in [9.17, 15) is 19.5 Å². The van der Waals surface area contributed by atoms with Crippen LogP contribution in [0.4, 0.5) is 11.4 Å². The summed E-state index contributed by atoms with van der Waals surface area (Å²) in [4.78, 5) is 43.6. The molecule has 8 nitrogen and oxygen atoms in total. The monoisotopic (exact) mass is 551 g/mol. The number of aromatic nitrogens is 1. The normalized spacial score (nSPS) is 10.7. The van der Waals surface area contributed by atoms with E-state index in [0.29, 0.717) is 27.5 Å². The Kier molecular flexibility index (Phi) is 8.14. The fourth-order valence-electron chi connectivity index (χ4n) is 3.84. The van der Waals surface area contributed by atoms with E-state index in [1.54, 1.807) is 48.5 Å². The molecule has 0 saturated carbocycles. The van der Waals surface area contributed by atoms with Gasteiger partial charge in [0.25, 0.3) is 0 Å². The summed E-state index contributed by atoms with van der Waals surface area (Å²) in [5.41, 5.74) is 2.60. The molecule has 0 spiro atoms. The lowest BCUT2D eigenvalue weighted by molar-refractivity contribution is -0.148. The SMILES string of the molecule is Cc1ccc2cccc(OCc3c(Cl)ccc(N(C)C(=O)CN(C(=O)C(=O)O)c4ccccc4)c3Cl)c2n1. The number of fused-ring (bicyclic) bond motifs is 1. The quantitative estimate of drug-likeness (QED) is 0.304. The molecule has 194 valence electrons. The minimum atomic E-state index is -1.67. The number of amides is 2. The van der Waals surface area contributed by atoms with Crippen LogP contribution in [0.5, 0.6) is 5.75 Å². The fourth-order valence-corrected chi connectivity index (χ4v) is 4.45. The average Bonchev–Trinajstić information content (AvgIpc) is 2.91. The van der Waals surface area contributed by atoms with E-state index in [-0.39, 0.29) is 17.3 Å². The number of likely N-dealkylation sites (N-methyl/N-ethyl adjacent to an activating group) is 1. The Morgan fingerprint density at radius 1 is 0.947 bits per heavy atom. The van der Waals surface area contributed by atoms with Crippen LogP contribution in [0.15, 0.2) is 72.8 Å². The maximum absolute atomic E-state index is 13.2. The molecule has 0 bridgehead atoms. The summed E-state index contributed by atoms with van der Waals surface area (Å²) < 4.78 is 6.04. The van der Waals surface area contributed by atoms with Gasteiger partial charge in [-0.1, -0.05) is 59.6 Å². The second-order valence-corrected chi connectivity index (χ2v) is 9.20. The summed E-state index contributed by atoms with van der Waals surface area (Å²) in [6, 6.07) is 20.7. The number of para-hydroxylation sites is 2. The standard InChI is InChI=1S/C28H23Cl2N3O5/c1-17-11-12-18-7-6-10-23(26(18)31-17)38-16-20-21(29)13-14-22(25(20)30)32(2)24(34)15-33(27(35)28(36)37)19-8-4-3-5-9-19/h3-14H,15-16H2,1-2H3,(H,36,37). The molecule has 0 aliphatic rings. The van der Waals surface area contributed by atoms with Crippen LogP contribution in [0, 0.1) is 6.92 Å². The molecule has 1 N–H and O–H groups in total. The van der Waals surface area contributed by atoms with Crippen molar-refractivity contribution in [1.82, 2.24) is 4.98 Å². The maximum Gasteiger partial charge on any atom is 0.394 e. The van der Waals surface area contributed by atoms with Gasteiger partial charge in [-0.25, -0.2) is 9.78 Å². The topological polar surface area (TPSA) is 100 Å². The number of hydrogen-bond donors (Lipinski definition) is 1. The second kappa shape index (κ2) is 11.5. The van der Waals surface area contributed by atoms with Crippen molar-refractivity contribution in [3.63, 3.8) is 0 Å². The number of carbonyl (C=O) groups is 3. The first-order valence-corrected chi connectivity index (χ1v) is 12.3. The number of benzene rings is 3. The fraction of sp³-hybridized carbons (Fsp3) is 0.143. The molecular formula is C28H23Cl2N3O5. The molecule has 4 rings (SSSR count). The van der Waals surface area contributed by atoms with E-state index in [2.05, 4.69) is 4.98 Å². The number of carbonyl (C=O) groups excluding carboxylic acids is 2. The average molecular weight is 552 g/mol. The van der Waals surface area contributed by atoms with Gasteiger partial charge in [-0.3, -0.25) is 14.5 Å². The third kappa shape index (κ3) is 5.72. The Hall–Kier alpha value is -4.14. The first-order valence-electron chi connectivity index (χ1n) is 11.5. The van der Waals surface area contributed by atoms with E-state index in [1.807, 2.05) is 31.2 Å². The first kappa shape index (κ1) is 26.9. The van der Waals surface area contributed by atoms with E-state index < -0.39 is 24.3 Å². The smallest absolute Gasteiger partial charge is 0.394 e. The van der Waals surface area contributed by atoms with Crippen molar-refractivity contribution >= 4 is 63.3 Å². The van der Waals surface area contributed by atoms with Crippen molar-refractivity contribution in [3.8, 4) is 5.75 Å². The van der Waals surface area contributed by atoms with Gasteiger partial charge in [0.2, 0.25) is 5.91 Å². The number of anilines is 2. The highest BCUT2D eigenvalue weighted by atomic mass is 35.5. The third-order valence-electron chi connectivity index (χ3n) is 5.88. The minimum Gasteiger partial charge on any atom is -0.487 e. The van der Waals surface area contributed by atoms with Crippen molar-refractivity contribution < 1.29 is 24.2 Å². The van der Waals surface area contributed by atoms with Crippen LogP contribution >= 0.6 is 23.2 Å². The molecule has 1 aromatic heterocycles. The van der Waals surface area contributed by atoms with Gasteiger partial charge >= 0.3 is 11.9 Å². The number of aliphatic carboxylic acids is 1. The number of nitrogens with zero attached hydrogens (tertiary/aromatic N) is 3. The molecule has 0 unspecified atom stereocenters. The van der Waals surface area contributed by atoms with Crippen LogP contribution in [-0.4, -0.2) is 41.5 Å². The zero-order chi connectivity index (χ0) is 27.4. The van der Waals surface area contributed by atoms with E-state index in [4.69, 9.17) is 27.9 Å². The highest BCUT2D eigenvalue weighted by molar-refractivity contribution is 6.39. The van der Waals surface area contributed by atoms with Crippen molar-refractivity contribution in [2.45, 2.75) is 13.5 Å². The second-order valence-electron chi connectivity index (χ2n) is 8.41. The van der Waals surface area contributed by atoms with Gasteiger partial charge < -0.3 is 14.7 Å². The molecule has 0 aliphatic heterocycles. The third-order valence-corrected chi connectivity index (χ3v) is 6.66. The van der Waals surface area contributed by atoms with Crippen molar-refractivity contribution in [2.75, 3.05) is 23.4 Å². The minimum absolute atomic E-state index is 0.00983. The lowest BCUT2D eigenvalue weighted by Crippen LogP contribution is -2.44. The summed E-state index contributed by atoms with van der Waals surface area (Å²) in [6.07, 6.45) is 0. The highest BCUT2D eigenvalue weighted by Gasteiger charge is 2.27. The van der Waals surface area contributed by atoms with Crippen LogP contribution in [0.25, 0.3) is 10.9 Å². The molecule has 2 amide bonds. The molecular weight excluding hydrogens is 529 g/mol. The summed E-state index contributed by atoms with van der Waals surface area (Å²) >= 11 is 13.1. The number of ether oxygens (including phenoxy) is 1. The predicted molar refractivity (Wildman–Crippen MR) is 147 cm³/mol. The Labute approximate surface area is 229 Å². The van der Waals surface area contributed by atoms with Crippen molar-refractivity contribution in [1.29, 1.82) is 0 Å². The largest absolute Gasteiger partial charge is 0.487 e. The number of hydrogen-bond acceptors (Lipinski definition) is 5. The zero-order valence-corrected chi connectivity index (χ0v) is 22.0. The number of carboxylic acids is 1. The van der Waals surface area contributed by atoms with Crippen LogP contribution < -0.4 is 14.5 Å². The van der Waals surface area contributed by atoms with Gasteiger partial charge in [0, 0.05) is 34.4 Å². The highest BCUT2D eigenvalue weighted by Crippen LogP contribution is 2.35. The molecule has 10 heteroatoms. The van der Waals surface area contributed by atoms with Crippen LogP contribution in [0.1, 0.15) is 11.3 Å². The van der Waals surface area contributed by atoms with Crippen LogP contribution in [0.3, 0.4) is 0 Å². The summed E-state index contributed by atoms with van der Waals surface area (Å²) in [5.74, 6) is -2.91. The molecule has 38 heavy (non-hydrogen) atoms. The van der Waals surface area contributed by atoms with Crippen LogP contribution in [-0.2, 0) is 21.0 Å². The Balaban J connectivity index is 1.58. The number of rotatable bonds is 7. The molecule has 0 saturated heterocycles. The maximum atomic E-state index is 13.2. The van der Waals surface area contributed by atoms with Gasteiger partial charge in [-0.05, 0) is 43.3 Å². The Bertz CT molecular complexity index is 1530. The lowest BCUT2D eigenvalue weighted by atomic mass is 10.1. The van der Waals surface area contributed by atoms with Crippen molar-refractivity contribution in [3.05, 3.63) is 94.1 Å². The first-order chi connectivity index (χ1) is 18.2. The zero-order valence-electron chi connectivity index (χ0n) is 20.5.